The number of aromatic nitrogens is 1. The van der Waals surface area contributed by atoms with Crippen LogP contribution in [0.3, 0.4) is 0 Å². The van der Waals surface area contributed by atoms with Crippen LogP contribution in [0.5, 0.6) is 5.88 Å². The van der Waals surface area contributed by atoms with Crippen LogP contribution in [-0.2, 0) is 0 Å². The van der Waals surface area contributed by atoms with Crippen molar-refractivity contribution >= 4 is 17.3 Å². The third-order valence-electron chi connectivity index (χ3n) is 2.52. The number of rotatable bonds is 4. The van der Waals surface area contributed by atoms with Gasteiger partial charge in [-0.2, -0.15) is 0 Å². The van der Waals surface area contributed by atoms with Crippen LogP contribution in [0.25, 0.3) is 0 Å². The Morgan fingerprint density at radius 1 is 1.16 bits per heavy atom. The zero-order chi connectivity index (χ0) is 13.7. The highest BCUT2D eigenvalue weighted by Crippen LogP contribution is 2.13. The summed E-state index contributed by atoms with van der Waals surface area (Å²) in [5.74, 6) is 5.54. The van der Waals surface area contributed by atoms with Crippen molar-refractivity contribution in [3.8, 4) is 5.88 Å². The maximum Gasteiger partial charge on any atom is 0.255 e. The highest BCUT2D eigenvalue weighted by atomic mass is 16.5. The van der Waals surface area contributed by atoms with Gasteiger partial charge in [-0.25, -0.2) is 4.98 Å². The van der Waals surface area contributed by atoms with Gasteiger partial charge in [0.25, 0.3) is 5.91 Å². The highest BCUT2D eigenvalue weighted by Gasteiger charge is 2.06. The molecule has 19 heavy (non-hydrogen) atoms. The van der Waals surface area contributed by atoms with Crippen molar-refractivity contribution in [3.05, 3.63) is 48.2 Å². The Labute approximate surface area is 110 Å². The molecule has 4 N–H and O–H groups in total. The number of anilines is 2. The van der Waals surface area contributed by atoms with Crippen LogP contribution >= 0.6 is 0 Å². The first-order valence-electron chi connectivity index (χ1n) is 5.61. The molecule has 0 aliphatic rings. The number of nitrogens with one attached hydrogen (secondary N) is 2. The maximum atomic E-state index is 11.9. The minimum Gasteiger partial charge on any atom is -0.481 e. The average Bonchev–Trinajstić information content (AvgIpc) is 2.48. The average molecular weight is 258 g/mol. The van der Waals surface area contributed by atoms with Crippen molar-refractivity contribution in [2.24, 2.45) is 5.84 Å². The number of amides is 1. The summed E-state index contributed by atoms with van der Waals surface area (Å²) in [5, 5.41) is 2.74. The van der Waals surface area contributed by atoms with Gasteiger partial charge in [0.2, 0.25) is 5.88 Å². The fraction of sp³-hybridized carbons (Fsp3) is 0.0769. The first-order chi connectivity index (χ1) is 9.22. The molecular formula is C13H14N4O2. The maximum absolute atomic E-state index is 11.9. The summed E-state index contributed by atoms with van der Waals surface area (Å²) in [6.07, 6.45) is 1.53. The molecule has 1 aromatic heterocycles. The Bertz CT molecular complexity index is 552. The molecule has 0 saturated heterocycles. The normalized spacial score (nSPS) is 9.79. The number of carbonyl (C=O) groups excluding carboxylic acids is 1. The van der Waals surface area contributed by atoms with Gasteiger partial charge in [0.15, 0.2) is 0 Å². The lowest BCUT2D eigenvalue weighted by Crippen LogP contribution is -2.12. The Hall–Kier alpha value is -2.60. The molecule has 1 amide bonds. The van der Waals surface area contributed by atoms with Gasteiger partial charge in [-0.1, -0.05) is 0 Å². The lowest BCUT2D eigenvalue weighted by molar-refractivity contribution is 0.102. The molecule has 0 saturated carbocycles. The van der Waals surface area contributed by atoms with Crippen molar-refractivity contribution in [3.63, 3.8) is 0 Å². The van der Waals surface area contributed by atoms with Crippen LogP contribution in [0, 0.1) is 0 Å². The fourth-order valence-electron chi connectivity index (χ4n) is 1.50. The largest absolute Gasteiger partial charge is 0.481 e. The van der Waals surface area contributed by atoms with E-state index in [9.17, 15) is 4.79 Å². The Morgan fingerprint density at radius 2 is 1.84 bits per heavy atom. The fourth-order valence-corrected chi connectivity index (χ4v) is 1.50. The smallest absolute Gasteiger partial charge is 0.255 e. The number of nitrogen functional groups attached to an aromatic ring is 1. The molecule has 1 heterocycles. The van der Waals surface area contributed by atoms with Gasteiger partial charge in [-0.15, -0.1) is 0 Å². The zero-order valence-corrected chi connectivity index (χ0v) is 10.4. The van der Waals surface area contributed by atoms with Crippen molar-refractivity contribution in [2.75, 3.05) is 17.9 Å². The lowest BCUT2D eigenvalue weighted by Gasteiger charge is -2.06. The summed E-state index contributed by atoms with van der Waals surface area (Å²) in [6.45, 7) is 0. The van der Waals surface area contributed by atoms with E-state index in [1.54, 1.807) is 36.4 Å². The number of hydrogen-bond donors (Lipinski definition) is 3. The van der Waals surface area contributed by atoms with Crippen molar-refractivity contribution in [2.45, 2.75) is 0 Å². The molecule has 0 unspecified atom stereocenters. The standard InChI is InChI=1S/C13H14N4O2/c1-19-12-7-6-11(8-15-12)16-13(18)9-2-4-10(17-14)5-3-9/h2-8,17H,14H2,1H3,(H,16,18). The Kier molecular flexibility index (Phi) is 3.94. The van der Waals surface area contributed by atoms with Gasteiger partial charge in [0.05, 0.1) is 19.0 Å². The molecule has 0 atom stereocenters. The van der Waals surface area contributed by atoms with Crippen molar-refractivity contribution in [1.29, 1.82) is 0 Å². The highest BCUT2D eigenvalue weighted by molar-refractivity contribution is 6.04. The van der Waals surface area contributed by atoms with Crippen LogP contribution in [0.4, 0.5) is 11.4 Å². The third-order valence-corrected chi connectivity index (χ3v) is 2.52. The summed E-state index contributed by atoms with van der Waals surface area (Å²) in [4.78, 5) is 16.0. The van der Waals surface area contributed by atoms with Gasteiger partial charge in [-0.05, 0) is 30.3 Å². The van der Waals surface area contributed by atoms with Gasteiger partial charge in [0, 0.05) is 17.3 Å². The van der Waals surface area contributed by atoms with E-state index in [1.807, 2.05) is 0 Å². The number of benzene rings is 1. The number of carbonyl (C=O) groups is 1. The summed E-state index contributed by atoms with van der Waals surface area (Å²) in [7, 11) is 1.54. The molecule has 0 aliphatic carbocycles. The van der Waals surface area contributed by atoms with E-state index in [-0.39, 0.29) is 5.91 Å². The van der Waals surface area contributed by atoms with Gasteiger partial charge >= 0.3 is 0 Å². The molecular weight excluding hydrogens is 244 g/mol. The molecule has 0 spiro atoms. The van der Waals surface area contributed by atoms with E-state index in [2.05, 4.69) is 15.7 Å². The van der Waals surface area contributed by atoms with Gasteiger partial charge < -0.3 is 15.5 Å². The molecule has 0 fully saturated rings. The summed E-state index contributed by atoms with van der Waals surface area (Å²) < 4.78 is 4.94. The van der Waals surface area contributed by atoms with Crippen molar-refractivity contribution < 1.29 is 9.53 Å². The number of hydrazine groups is 1. The van der Waals surface area contributed by atoms with Gasteiger partial charge in [0.1, 0.15) is 0 Å². The van der Waals surface area contributed by atoms with Crippen LogP contribution in [-0.4, -0.2) is 18.0 Å². The van der Waals surface area contributed by atoms with E-state index >= 15 is 0 Å². The number of hydrogen-bond acceptors (Lipinski definition) is 5. The predicted molar refractivity (Wildman–Crippen MR) is 73.0 cm³/mol. The van der Waals surface area contributed by atoms with Crippen LogP contribution < -0.4 is 21.3 Å². The molecule has 6 heteroatoms. The summed E-state index contributed by atoms with van der Waals surface area (Å²) >= 11 is 0. The minimum absolute atomic E-state index is 0.212. The molecule has 2 rings (SSSR count). The first-order valence-corrected chi connectivity index (χ1v) is 5.61. The molecule has 98 valence electrons. The second kappa shape index (κ2) is 5.83. The molecule has 0 bridgehead atoms. The molecule has 0 radical (unpaired) electrons. The number of ether oxygens (including phenoxy) is 1. The number of nitrogens with zero attached hydrogens (tertiary/aromatic N) is 1. The van der Waals surface area contributed by atoms with Gasteiger partial charge in [-0.3, -0.25) is 10.6 Å². The Balaban J connectivity index is 2.06. The SMILES string of the molecule is COc1ccc(NC(=O)c2ccc(NN)cc2)cn1. The summed E-state index contributed by atoms with van der Waals surface area (Å²) in [5.41, 5.74) is 4.38. The number of pyridine rings is 1. The monoisotopic (exact) mass is 258 g/mol. The van der Waals surface area contributed by atoms with E-state index < -0.39 is 0 Å². The van der Waals surface area contributed by atoms with E-state index in [0.29, 0.717) is 17.1 Å². The number of nitrogens with two attached hydrogens (primary N) is 1. The Morgan fingerprint density at radius 3 is 2.37 bits per heavy atom. The van der Waals surface area contributed by atoms with Crippen LogP contribution in [0.1, 0.15) is 10.4 Å². The molecule has 6 nitrogen and oxygen atoms in total. The topological polar surface area (TPSA) is 89.3 Å². The quantitative estimate of drug-likeness (QED) is 0.573. The predicted octanol–water partition coefficient (Wildman–Crippen LogP) is 1.63. The van der Waals surface area contributed by atoms with Crippen LogP contribution in [0.2, 0.25) is 0 Å². The van der Waals surface area contributed by atoms with Crippen LogP contribution in [0.15, 0.2) is 42.6 Å². The van der Waals surface area contributed by atoms with Crippen molar-refractivity contribution in [1.82, 2.24) is 4.98 Å². The van der Waals surface area contributed by atoms with E-state index in [4.69, 9.17) is 10.6 Å². The lowest BCUT2D eigenvalue weighted by atomic mass is 10.2. The molecule has 2 aromatic rings. The summed E-state index contributed by atoms with van der Waals surface area (Å²) in [6, 6.07) is 10.2. The van der Waals surface area contributed by atoms with E-state index in [1.165, 1.54) is 13.3 Å². The number of methoxy groups -OCH3 is 1. The second-order valence-corrected chi connectivity index (χ2v) is 3.77. The molecule has 1 aromatic carbocycles. The molecule has 0 aliphatic heterocycles. The first kappa shape index (κ1) is 12.8. The zero-order valence-electron chi connectivity index (χ0n) is 10.4. The minimum atomic E-state index is -0.212. The third kappa shape index (κ3) is 3.20. The van der Waals surface area contributed by atoms with E-state index in [0.717, 1.165) is 5.69 Å². The second-order valence-electron chi connectivity index (χ2n) is 3.77.